The fourth-order valence-electron chi connectivity index (χ4n) is 1.71. The zero-order valence-corrected chi connectivity index (χ0v) is 11.8. The Kier molecular flexibility index (Phi) is 5.08. The number of hydrogen-bond acceptors (Lipinski definition) is 3. The number of nitrogens with two attached hydrogens (primary N) is 2. The summed E-state index contributed by atoms with van der Waals surface area (Å²) >= 11 is 5.77. The summed E-state index contributed by atoms with van der Waals surface area (Å²) in [5.41, 5.74) is 12.0. The molecular formula is C13H21ClFN3. The Bertz CT molecular complexity index is 421. The third-order valence-electron chi connectivity index (χ3n) is 2.83. The van der Waals surface area contributed by atoms with E-state index >= 15 is 0 Å². The van der Waals surface area contributed by atoms with Gasteiger partial charge in [-0.25, -0.2) is 4.39 Å². The second kappa shape index (κ2) is 6.14. The van der Waals surface area contributed by atoms with Crippen LogP contribution in [0, 0.1) is 11.7 Å². The van der Waals surface area contributed by atoms with Gasteiger partial charge in [0.15, 0.2) is 5.82 Å². The molecule has 0 radical (unpaired) electrons. The van der Waals surface area contributed by atoms with Gasteiger partial charge in [0.25, 0.3) is 0 Å². The van der Waals surface area contributed by atoms with Crippen molar-refractivity contribution in [1.82, 2.24) is 0 Å². The first kappa shape index (κ1) is 14.9. The van der Waals surface area contributed by atoms with Gasteiger partial charge in [0.1, 0.15) is 5.02 Å². The van der Waals surface area contributed by atoms with Gasteiger partial charge in [-0.3, -0.25) is 0 Å². The quantitative estimate of drug-likeness (QED) is 0.714. The number of hydrogen-bond donors (Lipinski definition) is 3. The van der Waals surface area contributed by atoms with E-state index in [4.69, 9.17) is 23.1 Å². The van der Waals surface area contributed by atoms with Gasteiger partial charge in [-0.05, 0) is 31.7 Å². The molecule has 0 aromatic heterocycles. The summed E-state index contributed by atoms with van der Waals surface area (Å²) in [5.74, 6) is 0.0389. The van der Waals surface area contributed by atoms with E-state index in [-0.39, 0.29) is 28.1 Å². The first-order chi connectivity index (χ1) is 8.32. The fraction of sp³-hybridized carbons (Fsp3) is 0.538. The Labute approximate surface area is 113 Å². The van der Waals surface area contributed by atoms with Crippen molar-refractivity contribution in [1.29, 1.82) is 0 Å². The van der Waals surface area contributed by atoms with E-state index in [2.05, 4.69) is 19.2 Å². The van der Waals surface area contributed by atoms with Crippen molar-refractivity contribution in [2.45, 2.75) is 39.7 Å². The van der Waals surface area contributed by atoms with Crippen LogP contribution in [-0.2, 0) is 0 Å². The van der Waals surface area contributed by atoms with E-state index in [9.17, 15) is 4.39 Å². The van der Waals surface area contributed by atoms with E-state index < -0.39 is 5.82 Å². The maximum Gasteiger partial charge on any atom is 0.169 e. The van der Waals surface area contributed by atoms with Gasteiger partial charge in [0, 0.05) is 6.04 Å². The van der Waals surface area contributed by atoms with Crippen LogP contribution in [0.25, 0.3) is 0 Å². The molecule has 3 nitrogen and oxygen atoms in total. The van der Waals surface area contributed by atoms with Gasteiger partial charge in [-0.15, -0.1) is 0 Å². The largest absolute Gasteiger partial charge is 0.397 e. The molecule has 18 heavy (non-hydrogen) atoms. The number of anilines is 3. The predicted octanol–water partition coefficient (Wildman–Crippen LogP) is 3.88. The molecule has 0 aliphatic rings. The van der Waals surface area contributed by atoms with Crippen LogP contribution < -0.4 is 16.8 Å². The minimum Gasteiger partial charge on any atom is -0.397 e. The monoisotopic (exact) mass is 273 g/mol. The lowest BCUT2D eigenvalue weighted by molar-refractivity contribution is 0.525. The van der Waals surface area contributed by atoms with Gasteiger partial charge in [-0.2, -0.15) is 0 Å². The summed E-state index contributed by atoms with van der Waals surface area (Å²) in [5, 5.41) is 2.98. The number of rotatable bonds is 5. The summed E-state index contributed by atoms with van der Waals surface area (Å²) in [6.45, 7) is 6.30. The molecule has 0 aliphatic carbocycles. The molecule has 1 aromatic carbocycles. The first-order valence-corrected chi connectivity index (χ1v) is 6.50. The van der Waals surface area contributed by atoms with Gasteiger partial charge in [0.2, 0.25) is 0 Å². The third kappa shape index (κ3) is 3.67. The standard InChI is InChI=1S/C13H21ClFN3/c1-7(2)4-5-8(3)18-13-10(17)6-9(16)11(14)12(13)15/h6-8,18H,4-5,16-17H2,1-3H3. The van der Waals surface area contributed by atoms with Crippen molar-refractivity contribution in [3.05, 3.63) is 16.9 Å². The Morgan fingerprint density at radius 2 is 1.83 bits per heavy atom. The highest BCUT2D eigenvalue weighted by atomic mass is 35.5. The molecule has 102 valence electrons. The Balaban J connectivity index is 2.81. The molecule has 0 heterocycles. The molecule has 0 aliphatic heterocycles. The first-order valence-electron chi connectivity index (χ1n) is 6.12. The summed E-state index contributed by atoms with van der Waals surface area (Å²) < 4.78 is 13.9. The molecule has 1 rings (SSSR count). The highest BCUT2D eigenvalue weighted by Gasteiger charge is 2.16. The van der Waals surface area contributed by atoms with E-state index in [0.29, 0.717) is 5.92 Å². The average molecular weight is 274 g/mol. The maximum atomic E-state index is 13.9. The van der Waals surface area contributed by atoms with E-state index in [1.165, 1.54) is 6.07 Å². The van der Waals surface area contributed by atoms with Crippen molar-refractivity contribution in [2.75, 3.05) is 16.8 Å². The van der Waals surface area contributed by atoms with Crippen LogP contribution in [0.2, 0.25) is 5.02 Å². The molecule has 0 bridgehead atoms. The molecule has 0 saturated heterocycles. The van der Waals surface area contributed by atoms with Crippen LogP contribution in [0.3, 0.4) is 0 Å². The fourth-order valence-corrected chi connectivity index (χ4v) is 1.86. The van der Waals surface area contributed by atoms with Crippen molar-refractivity contribution in [2.24, 2.45) is 5.92 Å². The zero-order chi connectivity index (χ0) is 13.9. The maximum absolute atomic E-state index is 13.9. The summed E-state index contributed by atoms with van der Waals surface area (Å²) in [7, 11) is 0. The van der Waals surface area contributed by atoms with Crippen molar-refractivity contribution in [3.8, 4) is 0 Å². The lowest BCUT2D eigenvalue weighted by atomic mass is 10.0. The van der Waals surface area contributed by atoms with Gasteiger partial charge in [-0.1, -0.05) is 25.4 Å². The number of benzene rings is 1. The second-order valence-electron chi connectivity index (χ2n) is 5.07. The normalized spacial score (nSPS) is 12.8. The van der Waals surface area contributed by atoms with Crippen LogP contribution in [0.4, 0.5) is 21.5 Å². The van der Waals surface area contributed by atoms with Crippen molar-refractivity contribution in [3.63, 3.8) is 0 Å². The van der Waals surface area contributed by atoms with Crippen LogP contribution in [-0.4, -0.2) is 6.04 Å². The topological polar surface area (TPSA) is 64.1 Å². The Morgan fingerprint density at radius 1 is 1.22 bits per heavy atom. The minimum absolute atomic E-state index is 0.0808. The number of halogens is 2. The Hall–Kier alpha value is -1.16. The average Bonchev–Trinajstić information content (AvgIpc) is 2.29. The Morgan fingerprint density at radius 3 is 2.39 bits per heavy atom. The summed E-state index contributed by atoms with van der Waals surface area (Å²) in [6.07, 6.45) is 2.01. The SMILES string of the molecule is CC(C)CCC(C)Nc1c(N)cc(N)c(Cl)c1F. The molecule has 1 unspecified atom stereocenters. The number of nitrogens with one attached hydrogen (secondary N) is 1. The predicted molar refractivity (Wildman–Crippen MR) is 77.4 cm³/mol. The lowest BCUT2D eigenvalue weighted by Gasteiger charge is -2.19. The molecule has 0 fully saturated rings. The molecule has 5 N–H and O–H groups in total. The van der Waals surface area contributed by atoms with Crippen LogP contribution in [0.1, 0.15) is 33.6 Å². The number of nitrogen functional groups attached to an aromatic ring is 2. The van der Waals surface area contributed by atoms with E-state index in [1.54, 1.807) is 0 Å². The highest BCUT2D eigenvalue weighted by Crippen LogP contribution is 2.34. The lowest BCUT2D eigenvalue weighted by Crippen LogP contribution is -2.18. The van der Waals surface area contributed by atoms with Gasteiger partial charge in [0.05, 0.1) is 17.1 Å². The summed E-state index contributed by atoms with van der Waals surface area (Å²) in [6, 6.07) is 1.60. The molecule has 1 atom stereocenters. The molecule has 0 saturated carbocycles. The second-order valence-corrected chi connectivity index (χ2v) is 5.45. The zero-order valence-electron chi connectivity index (χ0n) is 11.1. The van der Waals surface area contributed by atoms with Crippen molar-refractivity contribution < 1.29 is 4.39 Å². The summed E-state index contributed by atoms with van der Waals surface area (Å²) in [4.78, 5) is 0. The molecule has 0 amide bonds. The van der Waals surface area contributed by atoms with Gasteiger partial charge >= 0.3 is 0 Å². The van der Waals surface area contributed by atoms with Gasteiger partial charge < -0.3 is 16.8 Å². The third-order valence-corrected chi connectivity index (χ3v) is 3.22. The van der Waals surface area contributed by atoms with E-state index in [0.717, 1.165) is 12.8 Å². The molecule has 5 heteroatoms. The minimum atomic E-state index is -0.578. The molecule has 0 spiro atoms. The van der Waals surface area contributed by atoms with E-state index in [1.807, 2.05) is 6.92 Å². The van der Waals surface area contributed by atoms with Crippen LogP contribution in [0.15, 0.2) is 6.07 Å². The molecular weight excluding hydrogens is 253 g/mol. The van der Waals surface area contributed by atoms with Crippen molar-refractivity contribution >= 4 is 28.7 Å². The van der Waals surface area contributed by atoms with Crippen LogP contribution in [0.5, 0.6) is 0 Å². The smallest absolute Gasteiger partial charge is 0.169 e. The highest BCUT2D eigenvalue weighted by molar-refractivity contribution is 6.33. The van der Waals surface area contributed by atoms with Crippen LogP contribution >= 0.6 is 11.6 Å². The molecule has 1 aromatic rings.